The van der Waals surface area contributed by atoms with Crippen LogP contribution < -0.4 is 5.43 Å². The number of nitrogens with zero attached hydrogens (tertiary/aromatic N) is 1. The molecule has 0 amide bonds. The molecule has 1 aliphatic rings. The van der Waals surface area contributed by atoms with Crippen LogP contribution in [0.25, 0.3) is 22.0 Å². The normalized spacial score (nSPS) is 12.1. The van der Waals surface area contributed by atoms with E-state index in [2.05, 4.69) is 0 Å². The molecule has 1 aromatic heterocycles. The lowest BCUT2D eigenvalue weighted by atomic mass is 9.93. The van der Waals surface area contributed by atoms with Crippen molar-refractivity contribution in [3.63, 3.8) is 0 Å². The van der Waals surface area contributed by atoms with Gasteiger partial charge < -0.3 is 9.30 Å². The Morgan fingerprint density at radius 2 is 2.04 bits per heavy atom. The van der Waals surface area contributed by atoms with Gasteiger partial charge in [-0.05, 0) is 30.2 Å². The topological polar surface area (TPSA) is 48.3 Å². The molecular weight excluding hydrogens is 309 g/mol. The summed E-state index contributed by atoms with van der Waals surface area (Å²) >= 11 is 0. The lowest BCUT2D eigenvalue weighted by Crippen LogP contribution is -2.23. The van der Waals surface area contributed by atoms with E-state index in [4.69, 9.17) is 4.74 Å². The average Bonchev–Trinajstić information content (AvgIpc) is 2.57. The van der Waals surface area contributed by atoms with E-state index in [0.29, 0.717) is 17.6 Å². The first-order valence-electron chi connectivity index (χ1n) is 7.72. The molecule has 3 aromatic rings. The number of esters is 1. The van der Waals surface area contributed by atoms with Crippen molar-refractivity contribution in [2.75, 3.05) is 6.61 Å². The maximum Gasteiger partial charge on any atom is 0.343 e. The fourth-order valence-corrected chi connectivity index (χ4v) is 3.29. The Labute approximate surface area is 137 Å². The molecule has 0 N–H and O–H groups in total. The molecule has 4 nitrogen and oxygen atoms in total. The number of rotatable bonds is 2. The molecule has 0 fully saturated rings. The van der Waals surface area contributed by atoms with Crippen molar-refractivity contribution in [2.45, 2.75) is 13.5 Å². The molecule has 0 saturated heterocycles. The summed E-state index contributed by atoms with van der Waals surface area (Å²) in [5.74, 6) is -1.18. The quantitative estimate of drug-likeness (QED) is 0.532. The minimum absolute atomic E-state index is 0.0692. The van der Waals surface area contributed by atoms with Gasteiger partial charge >= 0.3 is 5.97 Å². The van der Waals surface area contributed by atoms with Crippen molar-refractivity contribution < 1.29 is 13.9 Å². The molecule has 0 bridgehead atoms. The van der Waals surface area contributed by atoms with Gasteiger partial charge in [0, 0.05) is 18.3 Å². The number of halogens is 1. The molecule has 120 valence electrons. The van der Waals surface area contributed by atoms with Crippen molar-refractivity contribution in [2.24, 2.45) is 0 Å². The summed E-state index contributed by atoms with van der Waals surface area (Å²) in [4.78, 5) is 24.8. The van der Waals surface area contributed by atoms with Crippen LogP contribution in [0.5, 0.6) is 0 Å². The van der Waals surface area contributed by atoms with Gasteiger partial charge in [0.25, 0.3) is 0 Å². The van der Waals surface area contributed by atoms with Crippen molar-refractivity contribution in [1.82, 2.24) is 4.57 Å². The second-order valence-electron chi connectivity index (χ2n) is 5.73. The zero-order chi connectivity index (χ0) is 16.8. The van der Waals surface area contributed by atoms with E-state index in [1.165, 1.54) is 18.3 Å². The molecular formula is C19H14FNO3. The molecule has 2 aromatic carbocycles. The fourth-order valence-electron chi connectivity index (χ4n) is 3.29. The lowest BCUT2D eigenvalue weighted by Gasteiger charge is -2.23. The summed E-state index contributed by atoms with van der Waals surface area (Å²) in [6.45, 7) is 2.36. The van der Waals surface area contributed by atoms with Crippen LogP contribution in [0, 0.1) is 5.82 Å². The van der Waals surface area contributed by atoms with Gasteiger partial charge in [0.2, 0.25) is 5.43 Å². The third kappa shape index (κ3) is 2.05. The Morgan fingerprint density at radius 3 is 2.83 bits per heavy atom. The van der Waals surface area contributed by atoms with Crippen LogP contribution in [0.4, 0.5) is 4.39 Å². The van der Waals surface area contributed by atoms with Crippen LogP contribution in [0.15, 0.2) is 47.4 Å². The van der Waals surface area contributed by atoms with E-state index in [9.17, 15) is 14.0 Å². The highest BCUT2D eigenvalue weighted by Crippen LogP contribution is 2.35. The SMILES string of the molecule is CCOC(=O)c1cn2c3c(cc(F)cc3c1=O)-c1ccccc1C2. The molecule has 5 heteroatoms. The van der Waals surface area contributed by atoms with E-state index >= 15 is 0 Å². The first-order chi connectivity index (χ1) is 11.6. The Hall–Kier alpha value is -2.95. The molecule has 0 radical (unpaired) electrons. The average molecular weight is 323 g/mol. The lowest BCUT2D eigenvalue weighted by molar-refractivity contribution is 0.0524. The maximum absolute atomic E-state index is 14.1. The van der Waals surface area contributed by atoms with Gasteiger partial charge in [-0.25, -0.2) is 9.18 Å². The first kappa shape index (κ1) is 14.6. The molecule has 2 heterocycles. The number of hydrogen-bond acceptors (Lipinski definition) is 3. The Balaban J connectivity index is 2.11. The van der Waals surface area contributed by atoms with E-state index < -0.39 is 17.2 Å². The molecule has 0 aliphatic carbocycles. The first-order valence-corrected chi connectivity index (χ1v) is 7.72. The highest BCUT2D eigenvalue weighted by Gasteiger charge is 2.23. The number of fused-ring (bicyclic) bond motifs is 2. The number of pyridine rings is 1. The van der Waals surface area contributed by atoms with E-state index in [0.717, 1.165) is 11.1 Å². The van der Waals surface area contributed by atoms with Crippen molar-refractivity contribution in [3.8, 4) is 11.1 Å². The van der Waals surface area contributed by atoms with Gasteiger partial charge in [0.15, 0.2) is 0 Å². The summed E-state index contributed by atoms with van der Waals surface area (Å²) < 4.78 is 20.9. The molecule has 1 aliphatic heterocycles. The highest BCUT2D eigenvalue weighted by molar-refractivity contribution is 6.00. The Bertz CT molecular complexity index is 1050. The van der Waals surface area contributed by atoms with E-state index in [-0.39, 0.29) is 17.6 Å². The van der Waals surface area contributed by atoms with Crippen LogP contribution >= 0.6 is 0 Å². The zero-order valence-electron chi connectivity index (χ0n) is 13.0. The molecule has 24 heavy (non-hydrogen) atoms. The number of ether oxygens (including phenoxy) is 1. The maximum atomic E-state index is 14.1. The summed E-state index contributed by atoms with van der Waals surface area (Å²) in [5, 5.41) is 0.199. The van der Waals surface area contributed by atoms with Crippen LogP contribution in [-0.4, -0.2) is 17.1 Å². The minimum atomic E-state index is -0.683. The third-order valence-electron chi connectivity index (χ3n) is 4.28. The predicted molar refractivity (Wildman–Crippen MR) is 88.7 cm³/mol. The number of hydrogen-bond donors (Lipinski definition) is 0. The molecule has 0 atom stereocenters. The number of carbonyl (C=O) groups excluding carboxylic acids is 1. The van der Waals surface area contributed by atoms with Crippen molar-refractivity contribution in [1.29, 1.82) is 0 Å². The predicted octanol–water partition coefficient (Wildman–Crippen LogP) is 3.35. The smallest absolute Gasteiger partial charge is 0.343 e. The number of aromatic nitrogens is 1. The Morgan fingerprint density at radius 1 is 1.25 bits per heavy atom. The van der Waals surface area contributed by atoms with Crippen LogP contribution in [-0.2, 0) is 11.3 Å². The summed E-state index contributed by atoms with van der Waals surface area (Å²) in [5.41, 5.74) is 2.66. The van der Waals surface area contributed by atoms with Crippen molar-refractivity contribution in [3.05, 3.63) is 69.8 Å². The number of carbonyl (C=O) groups is 1. The largest absolute Gasteiger partial charge is 0.462 e. The van der Waals surface area contributed by atoms with E-state index in [1.807, 2.05) is 28.8 Å². The van der Waals surface area contributed by atoms with Gasteiger partial charge in [-0.3, -0.25) is 4.79 Å². The highest BCUT2D eigenvalue weighted by atomic mass is 19.1. The molecule has 0 spiro atoms. The molecule has 0 saturated carbocycles. The van der Waals surface area contributed by atoms with Crippen LogP contribution in [0.1, 0.15) is 22.8 Å². The fraction of sp³-hybridized carbons (Fsp3) is 0.158. The second-order valence-corrected chi connectivity index (χ2v) is 5.73. The second kappa shape index (κ2) is 5.30. The van der Waals surface area contributed by atoms with Gasteiger partial charge in [-0.1, -0.05) is 24.3 Å². The molecule has 0 unspecified atom stereocenters. The molecule has 4 rings (SSSR count). The number of benzene rings is 2. The zero-order valence-corrected chi connectivity index (χ0v) is 13.0. The summed E-state index contributed by atoms with van der Waals surface area (Å²) in [6.07, 6.45) is 1.51. The van der Waals surface area contributed by atoms with Crippen molar-refractivity contribution >= 4 is 16.9 Å². The van der Waals surface area contributed by atoms with Gasteiger partial charge in [0.05, 0.1) is 17.5 Å². The van der Waals surface area contributed by atoms with Crippen LogP contribution in [0.3, 0.4) is 0 Å². The standard InChI is InChI=1S/C19H14FNO3/c1-2-24-19(23)16-10-21-9-11-5-3-4-6-13(11)14-7-12(20)8-15(17(14)21)18(16)22/h3-8,10H,2,9H2,1H3. The minimum Gasteiger partial charge on any atom is -0.462 e. The van der Waals surface area contributed by atoms with Gasteiger partial charge in [0.1, 0.15) is 11.4 Å². The van der Waals surface area contributed by atoms with E-state index in [1.54, 1.807) is 6.92 Å². The Kier molecular flexibility index (Phi) is 3.23. The van der Waals surface area contributed by atoms with Crippen LogP contribution in [0.2, 0.25) is 0 Å². The summed E-state index contributed by atoms with van der Waals surface area (Å²) in [7, 11) is 0. The summed E-state index contributed by atoms with van der Waals surface area (Å²) in [6, 6.07) is 10.3. The van der Waals surface area contributed by atoms with Gasteiger partial charge in [-0.15, -0.1) is 0 Å². The van der Waals surface area contributed by atoms with Gasteiger partial charge in [-0.2, -0.15) is 0 Å². The monoisotopic (exact) mass is 323 g/mol. The third-order valence-corrected chi connectivity index (χ3v) is 4.28.